The molecule has 0 aliphatic carbocycles. The predicted octanol–water partition coefficient (Wildman–Crippen LogP) is 3.30. The SMILES string of the molecule is CCc1ccc(CNc2ccnc(NC)c2)cc1. The van der Waals surface area contributed by atoms with E-state index in [1.165, 1.54) is 11.1 Å². The van der Waals surface area contributed by atoms with E-state index in [9.17, 15) is 0 Å². The van der Waals surface area contributed by atoms with Crippen LogP contribution in [0.2, 0.25) is 0 Å². The molecule has 2 N–H and O–H groups in total. The third kappa shape index (κ3) is 3.23. The highest BCUT2D eigenvalue weighted by Gasteiger charge is 1.96. The van der Waals surface area contributed by atoms with Gasteiger partial charge in [-0.1, -0.05) is 31.2 Å². The minimum absolute atomic E-state index is 0.831. The average molecular weight is 241 g/mol. The summed E-state index contributed by atoms with van der Waals surface area (Å²) in [6.45, 7) is 3.00. The molecular weight excluding hydrogens is 222 g/mol. The molecular formula is C15H19N3. The van der Waals surface area contributed by atoms with Gasteiger partial charge in [0.25, 0.3) is 0 Å². The molecule has 0 radical (unpaired) electrons. The zero-order valence-electron chi connectivity index (χ0n) is 10.9. The summed E-state index contributed by atoms with van der Waals surface area (Å²) in [5, 5.41) is 6.42. The van der Waals surface area contributed by atoms with Crippen LogP contribution in [0.1, 0.15) is 18.1 Å². The summed E-state index contributed by atoms with van der Waals surface area (Å²) in [6, 6.07) is 12.7. The number of nitrogens with one attached hydrogen (secondary N) is 2. The Morgan fingerprint density at radius 1 is 1.06 bits per heavy atom. The van der Waals surface area contributed by atoms with E-state index in [2.05, 4.69) is 46.8 Å². The van der Waals surface area contributed by atoms with E-state index in [1.807, 2.05) is 19.2 Å². The fraction of sp³-hybridized carbons (Fsp3) is 0.267. The summed E-state index contributed by atoms with van der Waals surface area (Å²) in [7, 11) is 1.87. The third-order valence-corrected chi connectivity index (χ3v) is 2.94. The van der Waals surface area contributed by atoms with Crippen molar-refractivity contribution < 1.29 is 0 Å². The van der Waals surface area contributed by atoms with Gasteiger partial charge in [-0.15, -0.1) is 0 Å². The first-order chi connectivity index (χ1) is 8.81. The van der Waals surface area contributed by atoms with Crippen molar-refractivity contribution in [3.63, 3.8) is 0 Å². The Morgan fingerprint density at radius 3 is 2.44 bits per heavy atom. The molecule has 0 saturated carbocycles. The molecule has 0 aliphatic rings. The number of aryl methyl sites for hydroxylation is 1. The monoisotopic (exact) mass is 241 g/mol. The lowest BCUT2D eigenvalue weighted by molar-refractivity contribution is 1.10. The summed E-state index contributed by atoms with van der Waals surface area (Å²) < 4.78 is 0. The summed E-state index contributed by atoms with van der Waals surface area (Å²) >= 11 is 0. The Morgan fingerprint density at radius 2 is 1.78 bits per heavy atom. The van der Waals surface area contributed by atoms with Crippen molar-refractivity contribution in [3.05, 3.63) is 53.7 Å². The van der Waals surface area contributed by atoms with Gasteiger partial charge >= 0.3 is 0 Å². The molecule has 18 heavy (non-hydrogen) atoms. The van der Waals surface area contributed by atoms with Crippen LogP contribution in [-0.2, 0) is 13.0 Å². The number of benzene rings is 1. The Bertz CT molecular complexity index is 491. The first-order valence-corrected chi connectivity index (χ1v) is 6.27. The summed E-state index contributed by atoms with van der Waals surface area (Å²) in [4.78, 5) is 4.18. The smallest absolute Gasteiger partial charge is 0.127 e. The maximum Gasteiger partial charge on any atom is 0.127 e. The Balaban J connectivity index is 1.97. The van der Waals surface area contributed by atoms with Crippen molar-refractivity contribution in [2.24, 2.45) is 0 Å². The first-order valence-electron chi connectivity index (χ1n) is 6.27. The van der Waals surface area contributed by atoms with E-state index in [-0.39, 0.29) is 0 Å². The van der Waals surface area contributed by atoms with Gasteiger partial charge in [-0.3, -0.25) is 0 Å². The molecule has 3 nitrogen and oxygen atoms in total. The molecule has 2 rings (SSSR count). The maximum atomic E-state index is 4.18. The predicted molar refractivity (Wildman–Crippen MR) is 76.9 cm³/mol. The highest BCUT2D eigenvalue weighted by Crippen LogP contribution is 2.13. The fourth-order valence-corrected chi connectivity index (χ4v) is 1.77. The minimum atomic E-state index is 0.831. The molecule has 0 spiro atoms. The van der Waals surface area contributed by atoms with Crippen LogP contribution in [0.3, 0.4) is 0 Å². The molecule has 1 aromatic heterocycles. The molecule has 0 amide bonds. The summed E-state index contributed by atoms with van der Waals surface area (Å²) in [5.41, 5.74) is 3.74. The quantitative estimate of drug-likeness (QED) is 0.843. The van der Waals surface area contributed by atoms with Gasteiger partial charge in [-0.25, -0.2) is 4.98 Å². The molecule has 0 fully saturated rings. The zero-order valence-corrected chi connectivity index (χ0v) is 10.9. The Labute approximate surface area is 108 Å². The van der Waals surface area contributed by atoms with E-state index in [4.69, 9.17) is 0 Å². The average Bonchev–Trinajstić information content (AvgIpc) is 2.46. The van der Waals surface area contributed by atoms with Crippen LogP contribution >= 0.6 is 0 Å². The number of hydrogen-bond donors (Lipinski definition) is 2. The number of pyridine rings is 1. The van der Waals surface area contributed by atoms with Crippen LogP contribution in [-0.4, -0.2) is 12.0 Å². The number of nitrogens with zero attached hydrogens (tertiary/aromatic N) is 1. The van der Waals surface area contributed by atoms with Crippen molar-refractivity contribution >= 4 is 11.5 Å². The van der Waals surface area contributed by atoms with Gasteiger partial charge in [0.1, 0.15) is 5.82 Å². The Kier molecular flexibility index (Phi) is 4.18. The van der Waals surface area contributed by atoms with Gasteiger partial charge < -0.3 is 10.6 Å². The third-order valence-electron chi connectivity index (χ3n) is 2.94. The zero-order chi connectivity index (χ0) is 12.8. The molecule has 3 heteroatoms. The lowest BCUT2D eigenvalue weighted by Crippen LogP contribution is -2.01. The summed E-state index contributed by atoms with van der Waals surface area (Å²) in [5.74, 6) is 0.876. The lowest BCUT2D eigenvalue weighted by Gasteiger charge is -2.08. The molecule has 0 saturated heterocycles. The van der Waals surface area contributed by atoms with Crippen LogP contribution in [0.5, 0.6) is 0 Å². The Hall–Kier alpha value is -2.03. The first kappa shape index (κ1) is 12.4. The van der Waals surface area contributed by atoms with Crippen LogP contribution in [0.15, 0.2) is 42.6 Å². The van der Waals surface area contributed by atoms with Crippen LogP contribution < -0.4 is 10.6 Å². The topological polar surface area (TPSA) is 37.0 Å². The summed E-state index contributed by atoms with van der Waals surface area (Å²) in [6.07, 6.45) is 2.89. The van der Waals surface area contributed by atoms with Crippen molar-refractivity contribution in [1.82, 2.24) is 4.98 Å². The molecule has 94 valence electrons. The van der Waals surface area contributed by atoms with E-state index in [1.54, 1.807) is 6.20 Å². The second kappa shape index (κ2) is 6.05. The van der Waals surface area contributed by atoms with E-state index < -0.39 is 0 Å². The number of hydrogen-bond acceptors (Lipinski definition) is 3. The molecule has 1 heterocycles. The molecule has 0 aliphatic heterocycles. The number of aromatic nitrogens is 1. The van der Waals surface area contributed by atoms with Crippen molar-refractivity contribution in [1.29, 1.82) is 0 Å². The molecule has 2 aromatic rings. The molecule has 0 unspecified atom stereocenters. The molecule has 1 aromatic carbocycles. The van der Waals surface area contributed by atoms with Gasteiger partial charge in [0, 0.05) is 31.5 Å². The van der Waals surface area contributed by atoms with Gasteiger partial charge in [-0.05, 0) is 23.6 Å². The number of anilines is 2. The van der Waals surface area contributed by atoms with Crippen LogP contribution in [0, 0.1) is 0 Å². The molecule has 0 atom stereocenters. The minimum Gasteiger partial charge on any atom is -0.381 e. The standard InChI is InChI=1S/C15H19N3/c1-3-12-4-6-13(7-5-12)11-18-14-8-9-17-15(10-14)16-2/h4-10H,3,11H2,1-2H3,(H2,16,17,18). The largest absolute Gasteiger partial charge is 0.381 e. The van der Waals surface area contributed by atoms with E-state index in [0.29, 0.717) is 0 Å². The highest BCUT2D eigenvalue weighted by atomic mass is 15.0. The lowest BCUT2D eigenvalue weighted by atomic mass is 10.1. The van der Waals surface area contributed by atoms with Gasteiger partial charge in [0.15, 0.2) is 0 Å². The van der Waals surface area contributed by atoms with Crippen molar-refractivity contribution in [3.8, 4) is 0 Å². The second-order valence-corrected chi connectivity index (χ2v) is 4.20. The van der Waals surface area contributed by atoms with E-state index in [0.717, 1.165) is 24.5 Å². The van der Waals surface area contributed by atoms with Crippen LogP contribution in [0.25, 0.3) is 0 Å². The fourth-order valence-electron chi connectivity index (χ4n) is 1.77. The van der Waals surface area contributed by atoms with Crippen molar-refractivity contribution in [2.45, 2.75) is 19.9 Å². The van der Waals surface area contributed by atoms with Gasteiger partial charge in [-0.2, -0.15) is 0 Å². The maximum absolute atomic E-state index is 4.18. The number of rotatable bonds is 5. The van der Waals surface area contributed by atoms with Crippen molar-refractivity contribution in [2.75, 3.05) is 17.7 Å². The van der Waals surface area contributed by atoms with E-state index >= 15 is 0 Å². The highest BCUT2D eigenvalue weighted by molar-refractivity contribution is 5.51. The van der Waals surface area contributed by atoms with Crippen LogP contribution in [0.4, 0.5) is 11.5 Å². The second-order valence-electron chi connectivity index (χ2n) is 4.20. The normalized spacial score (nSPS) is 10.1. The van der Waals surface area contributed by atoms with Gasteiger partial charge in [0.05, 0.1) is 0 Å². The molecule has 0 bridgehead atoms. The van der Waals surface area contributed by atoms with Gasteiger partial charge in [0.2, 0.25) is 0 Å².